The molecule has 0 atom stereocenters. The lowest BCUT2D eigenvalue weighted by Crippen LogP contribution is -2.14. The third kappa shape index (κ3) is 4.62. The van der Waals surface area contributed by atoms with Crippen molar-refractivity contribution in [3.63, 3.8) is 0 Å². The van der Waals surface area contributed by atoms with Crippen molar-refractivity contribution in [3.8, 4) is 11.1 Å². The first-order valence-electron chi connectivity index (χ1n) is 9.89. The molecule has 0 unspecified atom stereocenters. The van der Waals surface area contributed by atoms with E-state index in [1.807, 2.05) is 25.1 Å². The Kier molecular flexibility index (Phi) is 5.71. The van der Waals surface area contributed by atoms with Crippen molar-refractivity contribution in [1.29, 1.82) is 0 Å². The van der Waals surface area contributed by atoms with E-state index in [1.54, 1.807) is 31.4 Å². The van der Waals surface area contributed by atoms with Gasteiger partial charge in [0.05, 0.1) is 11.1 Å². The molecule has 0 fully saturated rings. The number of carbonyl (C=O) groups excluding carboxylic acids is 1. The molecule has 5 nitrogen and oxygen atoms in total. The Hall–Kier alpha value is -4.01. The molecule has 0 spiro atoms. The Labute approximate surface area is 186 Å². The van der Waals surface area contributed by atoms with Crippen molar-refractivity contribution in [2.45, 2.75) is 13.1 Å². The predicted octanol–water partition coefficient (Wildman–Crippen LogP) is 6.06. The summed E-state index contributed by atoms with van der Waals surface area (Å²) < 4.78 is 52.4. The van der Waals surface area contributed by atoms with Crippen molar-refractivity contribution in [2.24, 2.45) is 0 Å². The second kappa shape index (κ2) is 8.50. The van der Waals surface area contributed by atoms with Crippen LogP contribution in [0.3, 0.4) is 0 Å². The molecule has 4 rings (SSSR count). The monoisotopic (exact) mass is 454 g/mol. The van der Waals surface area contributed by atoms with Crippen LogP contribution in [0.4, 0.5) is 29.2 Å². The van der Waals surface area contributed by atoms with Crippen LogP contribution in [0.15, 0.2) is 60.8 Å². The summed E-state index contributed by atoms with van der Waals surface area (Å²) in [6, 6.07) is 12.9. The molecule has 0 aliphatic rings. The number of nitrogens with zero attached hydrogens (tertiary/aromatic N) is 2. The predicted molar refractivity (Wildman–Crippen MR) is 119 cm³/mol. The summed E-state index contributed by atoms with van der Waals surface area (Å²) in [7, 11) is 1.73. The van der Waals surface area contributed by atoms with E-state index in [9.17, 15) is 22.4 Å². The van der Waals surface area contributed by atoms with E-state index in [4.69, 9.17) is 0 Å². The molecule has 9 heteroatoms. The van der Waals surface area contributed by atoms with Crippen molar-refractivity contribution in [2.75, 3.05) is 17.7 Å². The smallest absolute Gasteiger partial charge is 0.357 e. The molecule has 0 radical (unpaired) electrons. The maximum atomic E-state index is 13.5. The van der Waals surface area contributed by atoms with Gasteiger partial charge in [0, 0.05) is 29.9 Å². The highest BCUT2D eigenvalue weighted by atomic mass is 19.4. The molecule has 3 aromatic carbocycles. The van der Waals surface area contributed by atoms with Gasteiger partial charge in [-0.3, -0.25) is 4.79 Å². The maximum absolute atomic E-state index is 13.5. The van der Waals surface area contributed by atoms with Gasteiger partial charge < -0.3 is 10.6 Å². The topological polar surface area (TPSA) is 66.9 Å². The number of aryl methyl sites for hydroxylation is 1. The van der Waals surface area contributed by atoms with Crippen molar-refractivity contribution >= 4 is 28.4 Å². The van der Waals surface area contributed by atoms with Crippen molar-refractivity contribution in [1.82, 2.24) is 9.97 Å². The number of benzene rings is 3. The molecule has 1 heterocycles. The summed E-state index contributed by atoms with van der Waals surface area (Å²) >= 11 is 0. The number of hydrogen-bond donors (Lipinski definition) is 2. The minimum absolute atomic E-state index is 0.154. The third-order valence-electron chi connectivity index (χ3n) is 5.14. The quantitative estimate of drug-likeness (QED) is 0.368. The minimum Gasteiger partial charge on any atom is -0.357 e. The third-order valence-corrected chi connectivity index (χ3v) is 5.14. The molecule has 4 aromatic rings. The Bertz CT molecular complexity index is 1370. The second-order valence-electron chi connectivity index (χ2n) is 7.39. The molecule has 0 saturated carbocycles. The van der Waals surface area contributed by atoms with E-state index in [1.165, 1.54) is 0 Å². The fourth-order valence-electron chi connectivity index (χ4n) is 3.42. The van der Waals surface area contributed by atoms with Gasteiger partial charge in [0.2, 0.25) is 5.95 Å². The Morgan fingerprint density at radius 2 is 1.79 bits per heavy atom. The van der Waals surface area contributed by atoms with E-state index < -0.39 is 23.5 Å². The summed E-state index contributed by atoms with van der Waals surface area (Å²) in [5, 5.41) is 6.10. The van der Waals surface area contributed by atoms with Gasteiger partial charge in [0.1, 0.15) is 5.82 Å². The van der Waals surface area contributed by atoms with Gasteiger partial charge in [-0.05, 0) is 66.1 Å². The maximum Gasteiger partial charge on any atom is 0.419 e. The first kappa shape index (κ1) is 22.2. The number of rotatable bonds is 4. The molecule has 168 valence electrons. The normalized spacial score (nSPS) is 11.5. The van der Waals surface area contributed by atoms with Gasteiger partial charge in [-0.15, -0.1) is 0 Å². The van der Waals surface area contributed by atoms with Crippen LogP contribution in [0, 0.1) is 12.7 Å². The van der Waals surface area contributed by atoms with Crippen LogP contribution in [0.1, 0.15) is 21.5 Å². The molecule has 0 aliphatic heterocycles. The highest BCUT2D eigenvalue weighted by Crippen LogP contribution is 2.33. The standard InChI is InChI=1S/C24H18F4N4O/c1-13-3-4-15(22(33)31-17-6-7-20(25)19(11-17)24(26,27)28)10-18(13)14-5-8-21-16(9-14)12-30-23(29-2)32-21/h3-12H,1-2H3,(H,31,33)(H,29,30,32). The number of nitrogens with one attached hydrogen (secondary N) is 2. The fourth-order valence-corrected chi connectivity index (χ4v) is 3.42. The van der Waals surface area contributed by atoms with Gasteiger partial charge in [-0.1, -0.05) is 12.1 Å². The average Bonchev–Trinajstić information content (AvgIpc) is 2.79. The molecule has 2 N–H and O–H groups in total. The molecule has 0 aliphatic carbocycles. The first-order chi connectivity index (χ1) is 15.7. The number of anilines is 2. The van der Waals surface area contributed by atoms with Crippen LogP contribution in [0.25, 0.3) is 22.0 Å². The summed E-state index contributed by atoms with van der Waals surface area (Å²) in [6.07, 6.45) is -3.17. The number of hydrogen-bond acceptors (Lipinski definition) is 4. The number of fused-ring (bicyclic) bond motifs is 1. The van der Waals surface area contributed by atoms with E-state index in [2.05, 4.69) is 20.6 Å². The zero-order valence-corrected chi connectivity index (χ0v) is 17.6. The van der Waals surface area contributed by atoms with Crippen LogP contribution in [0.5, 0.6) is 0 Å². The van der Waals surface area contributed by atoms with Crippen LogP contribution < -0.4 is 10.6 Å². The minimum atomic E-state index is -4.87. The van der Waals surface area contributed by atoms with Crippen molar-refractivity contribution in [3.05, 3.63) is 83.3 Å². The molecular weight excluding hydrogens is 436 g/mol. The summed E-state index contributed by atoms with van der Waals surface area (Å²) in [5.41, 5.74) is 1.91. The fraction of sp³-hybridized carbons (Fsp3) is 0.125. The average molecular weight is 454 g/mol. The summed E-state index contributed by atoms with van der Waals surface area (Å²) in [5.74, 6) is -1.52. The van der Waals surface area contributed by atoms with Crippen molar-refractivity contribution < 1.29 is 22.4 Å². The van der Waals surface area contributed by atoms with Gasteiger partial charge in [0.25, 0.3) is 5.91 Å². The van der Waals surface area contributed by atoms with Crippen LogP contribution in [0.2, 0.25) is 0 Å². The van der Waals surface area contributed by atoms with Crippen LogP contribution in [-0.4, -0.2) is 22.9 Å². The SMILES string of the molecule is CNc1ncc2cc(-c3cc(C(=O)Nc4ccc(F)c(C(F)(F)F)c4)ccc3C)ccc2n1. The first-order valence-corrected chi connectivity index (χ1v) is 9.89. The van der Waals surface area contributed by atoms with E-state index in [0.29, 0.717) is 18.1 Å². The molecule has 33 heavy (non-hydrogen) atoms. The lowest BCUT2D eigenvalue weighted by molar-refractivity contribution is -0.139. The molecular formula is C24H18F4N4O. The van der Waals surface area contributed by atoms with Crippen LogP contribution in [-0.2, 0) is 6.18 Å². The zero-order valence-electron chi connectivity index (χ0n) is 17.6. The molecule has 1 aromatic heterocycles. The summed E-state index contributed by atoms with van der Waals surface area (Å²) in [4.78, 5) is 21.3. The Balaban J connectivity index is 1.65. The van der Waals surface area contributed by atoms with Crippen LogP contribution >= 0.6 is 0 Å². The van der Waals surface area contributed by atoms with E-state index in [0.717, 1.165) is 33.7 Å². The van der Waals surface area contributed by atoms with E-state index >= 15 is 0 Å². The van der Waals surface area contributed by atoms with E-state index in [-0.39, 0.29) is 11.3 Å². The number of alkyl halides is 3. The lowest BCUT2D eigenvalue weighted by Gasteiger charge is -2.13. The Morgan fingerprint density at radius 3 is 2.52 bits per heavy atom. The highest BCUT2D eigenvalue weighted by Gasteiger charge is 2.34. The Morgan fingerprint density at radius 1 is 1.00 bits per heavy atom. The molecule has 0 bridgehead atoms. The zero-order chi connectivity index (χ0) is 23.8. The number of halogens is 4. The lowest BCUT2D eigenvalue weighted by atomic mass is 9.97. The van der Waals surface area contributed by atoms with Gasteiger partial charge in [-0.2, -0.15) is 13.2 Å². The summed E-state index contributed by atoms with van der Waals surface area (Å²) in [6.45, 7) is 1.89. The molecule has 0 saturated heterocycles. The second-order valence-corrected chi connectivity index (χ2v) is 7.39. The van der Waals surface area contributed by atoms with Gasteiger partial charge in [0.15, 0.2) is 0 Å². The largest absolute Gasteiger partial charge is 0.419 e. The number of aromatic nitrogens is 2. The highest BCUT2D eigenvalue weighted by molar-refractivity contribution is 6.05. The number of amides is 1. The number of carbonyl (C=O) groups is 1. The van der Waals surface area contributed by atoms with Gasteiger partial charge >= 0.3 is 6.18 Å². The molecule has 1 amide bonds. The van der Waals surface area contributed by atoms with Gasteiger partial charge in [-0.25, -0.2) is 14.4 Å².